The fourth-order valence-corrected chi connectivity index (χ4v) is 6.12. The highest BCUT2D eigenvalue weighted by Crippen LogP contribution is 2.42. The van der Waals surface area contributed by atoms with Crippen LogP contribution in [0, 0.1) is 11.7 Å². The van der Waals surface area contributed by atoms with Crippen LogP contribution in [-0.2, 0) is 27.2 Å². The number of benzene rings is 3. The van der Waals surface area contributed by atoms with E-state index in [-0.39, 0.29) is 24.9 Å². The zero-order chi connectivity index (χ0) is 31.3. The Kier molecular flexibility index (Phi) is 9.82. The van der Waals surface area contributed by atoms with Crippen LogP contribution in [-0.4, -0.2) is 43.4 Å². The number of nitrogens with one attached hydrogen (secondary N) is 2. The van der Waals surface area contributed by atoms with Gasteiger partial charge in [-0.3, -0.25) is 0 Å². The van der Waals surface area contributed by atoms with Crippen molar-refractivity contribution in [2.45, 2.75) is 32.5 Å². The van der Waals surface area contributed by atoms with Crippen molar-refractivity contribution in [1.29, 1.82) is 0 Å². The van der Waals surface area contributed by atoms with E-state index in [1.807, 2.05) is 50.3 Å². The Labute approximate surface area is 265 Å². The Hall–Kier alpha value is -4.00. The van der Waals surface area contributed by atoms with Gasteiger partial charge in [0.15, 0.2) is 5.60 Å². The fourth-order valence-electron chi connectivity index (χ4n) is 5.02. The van der Waals surface area contributed by atoms with Crippen LogP contribution in [0.1, 0.15) is 31.4 Å². The quantitative estimate of drug-likeness (QED) is 0.167. The van der Waals surface area contributed by atoms with Crippen LogP contribution in [0.5, 0.6) is 11.5 Å². The maximum atomic E-state index is 13.5. The Morgan fingerprint density at radius 1 is 1.14 bits per heavy atom. The first kappa shape index (κ1) is 31.4. The van der Waals surface area contributed by atoms with Crippen molar-refractivity contribution >= 4 is 53.5 Å². The number of ether oxygens (including phenoxy) is 3. The van der Waals surface area contributed by atoms with Gasteiger partial charge < -0.3 is 24.8 Å². The third-order valence-electron chi connectivity index (χ3n) is 7.33. The number of halogens is 2. The van der Waals surface area contributed by atoms with Crippen LogP contribution in [0.15, 0.2) is 77.7 Å². The van der Waals surface area contributed by atoms with Crippen molar-refractivity contribution in [3.63, 3.8) is 0 Å². The van der Waals surface area contributed by atoms with Gasteiger partial charge in [0.2, 0.25) is 10.3 Å². The van der Waals surface area contributed by atoms with Gasteiger partial charge in [0.05, 0.1) is 28.2 Å². The fraction of sp³-hybridized carbons (Fsp3) is 0.281. The Balaban J connectivity index is 1.41. The van der Waals surface area contributed by atoms with Gasteiger partial charge in [-0.1, -0.05) is 26.0 Å². The van der Waals surface area contributed by atoms with E-state index in [1.54, 1.807) is 25.5 Å². The minimum atomic E-state index is -2.28. The molecule has 2 heterocycles. The van der Waals surface area contributed by atoms with E-state index in [1.165, 1.54) is 18.5 Å². The number of aromatic nitrogens is 2. The van der Waals surface area contributed by atoms with Crippen molar-refractivity contribution in [2.75, 3.05) is 25.5 Å². The van der Waals surface area contributed by atoms with Gasteiger partial charge in [0.25, 0.3) is 0 Å². The predicted octanol–water partition coefficient (Wildman–Crippen LogP) is 6.29. The number of hydrogen-bond acceptors (Lipinski definition) is 9. The highest BCUT2D eigenvalue weighted by molar-refractivity contribution is 9.10. The van der Waals surface area contributed by atoms with Crippen molar-refractivity contribution < 1.29 is 27.0 Å². The molecule has 0 amide bonds. The lowest BCUT2D eigenvalue weighted by Crippen LogP contribution is -2.40. The van der Waals surface area contributed by atoms with E-state index in [0.29, 0.717) is 45.1 Å². The summed E-state index contributed by atoms with van der Waals surface area (Å²) in [5.41, 5.74) is 2.10. The van der Waals surface area contributed by atoms with Crippen molar-refractivity contribution in [3.05, 3.63) is 94.7 Å². The number of anilines is 2. The number of methoxy groups -OCH3 is 1. The van der Waals surface area contributed by atoms with Crippen LogP contribution in [0.25, 0.3) is 10.9 Å². The molecule has 1 unspecified atom stereocenters. The second-order valence-electron chi connectivity index (χ2n) is 10.6. The van der Waals surface area contributed by atoms with Crippen LogP contribution in [0.2, 0.25) is 0 Å². The van der Waals surface area contributed by atoms with Gasteiger partial charge >= 0.3 is 0 Å². The molecule has 2 N–H and O–H groups in total. The van der Waals surface area contributed by atoms with Gasteiger partial charge in [0, 0.05) is 42.2 Å². The smallest absolute Gasteiger partial charge is 0.214 e. The second kappa shape index (κ2) is 13.7. The third-order valence-corrected chi connectivity index (χ3v) is 8.99. The summed E-state index contributed by atoms with van der Waals surface area (Å²) in [6, 6.07) is 15.6. The molecule has 1 aromatic heterocycles. The van der Waals surface area contributed by atoms with Crippen molar-refractivity contribution in [2.24, 2.45) is 5.92 Å². The zero-order valence-electron chi connectivity index (χ0n) is 24.4. The Bertz CT molecular complexity index is 1830. The average Bonchev–Trinajstić information content (AvgIpc) is 3.48. The number of nitrogens with zero attached hydrogens (tertiary/aromatic N) is 2. The first-order chi connectivity index (χ1) is 21.2. The summed E-state index contributed by atoms with van der Waals surface area (Å²) in [6.45, 7) is 4.48. The summed E-state index contributed by atoms with van der Waals surface area (Å²) in [4.78, 5) is 9.38. The highest BCUT2D eigenvalue weighted by Gasteiger charge is 2.38. The summed E-state index contributed by atoms with van der Waals surface area (Å²) in [6.07, 6.45) is 5.62. The maximum Gasteiger partial charge on any atom is 0.214 e. The summed E-state index contributed by atoms with van der Waals surface area (Å²) in [7, 11) is -0.690. The third kappa shape index (κ3) is 7.03. The molecule has 1 aliphatic rings. The lowest BCUT2D eigenvalue weighted by atomic mass is 9.89. The van der Waals surface area contributed by atoms with E-state index < -0.39 is 15.9 Å². The standard InChI is InChI=1S/C32H32BrFN4O5S/c1-20(2)30(44(39)40)16-35-18-32(10-5-11-43-32)25-14-24-27(15-29(25)41-3)36-19-37-31(24)38-23-8-9-28(26(33)13-23)42-17-21-6-4-7-22(34)12-21/h4-9,11-15,19-20,35H,10,16-18H2,1-3H3,(H,36,37,38). The normalized spacial score (nSPS) is 15.8. The van der Waals surface area contributed by atoms with Gasteiger partial charge in [-0.05, 0) is 69.9 Å². The molecule has 3 aromatic carbocycles. The first-order valence-electron chi connectivity index (χ1n) is 13.9. The van der Waals surface area contributed by atoms with E-state index in [4.69, 9.17) is 14.2 Å². The summed E-state index contributed by atoms with van der Waals surface area (Å²) in [5.74, 6) is 1.35. The molecule has 0 aliphatic carbocycles. The first-order valence-corrected chi connectivity index (χ1v) is 15.8. The van der Waals surface area contributed by atoms with E-state index in [2.05, 4.69) is 36.5 Å². The predicted molar refractivity (Wildman–Crippen MR) is 172 cm³/mol. The number of fused-ring (bicyclic) bond motifs is 1. The monoisotopic (exact) mass is 682 g/mol. The summed E-state index contributed by atoms with van der Waals surface area (Å²) in [5, 5.41) is 7.41. The van der Waals surface area contributed by atoms with E-state index in [0.717, 1.165) is 22.2 Å². The molecule has 0 saturated heterocycles. The largest absolute Gasteiger partial charge is 0.496 e. The van der Waals surface area contributed by atoms with Crippen LogP contribution < -0.4 is 20.1 Å². The van der Waals surface area contributed by atoms with Crippen LogP contribution in [0.3, 0.4) is 0 Å². The molecule has 0 radical (unpaired) electrons. The van der Waals surface area contributed by atoms with Gasteiger partial charge in [-0.25, -0.2) is 14.4 Å². The topological polar surface area (TPSA) is 112 Å². The Morgan fingerprint density at radius 2 is 1.98 bits per heavy atom. The minimum absolute atomic E-state index is 0.116. The zero-order valence-corrected chi connectivity index (χ0v) is 26.8. The van der Waals surface area contributed by atoms with E-state index in [9.17, 15) is 12.8 Å². The molecule has 0 saturated carbocycles. The Morgan fingerprint density at radius 3 is 2.66 bits per heavy atom. The van der Waals surface area contributed by atoms with Gasteiger partial charge in [-0.15, -0.1) is 0 Å². The van der Waals surface area contributed by atoms with E-state index >= 15 is 0 Å². The minimum Gasteiger partial charge on any atom is -0.496 e. The molecule has 4 aromatic rings. The summed E-state index contributed by atoms with van der Waals surface area (Å²) >= 11 is 3.57. The highest BCUT2D eigenvalue weighted by atomic mass is 79.9. The van der Waals surface area contributed by atoms with Crippen molar-refractivity contribution in [1.82, 2.24) is 15.3 Å². The SMILES string of the molecule is COc1cc2ncnc(Nc3ccc(OCc4cccc(F)c4)c(Br)c3)c2cc1C1(CNCC(C(C)C)=S(=O)=O)CC=CO1. The lowest BCUT2D eigenvalue weighted by molar-refractivity contribution is 0.0402. The molecular weight excluding hydrogens is 651 g/mol. The molecule has 230 valence electrons. The number of rotatable bonds is 12. The van der Waals surface area contributed by atoms with Crippen LogP contribution in [0.4, 0.5) is 15.9 Å². The van der Waals surface area contributed by atoms with Crippen molar-refractivity contribution in [3.8, 4) is 11.5 Å². The van der Waals surface area contributed by atoms with Gasteiger partial charge in [-0.2, -0.15) is 8.42 Å². The summed E-state index contributed by atoms with van der Waals surface area (Å²) < 4.78 is 55.5. The molecular formula is C32H32BrFN4O5S. The molecule has 9 nitrogen and oxygen atoms in total. The molecule has 1 atom stereocenters. The molecule has 1 aliphatic heterocycles. The molecule has 0 spiro atoms. The van der Waals surface area contributed by atoms with Gasteiger partial charge in [0.1, 0.15) is 36.1 Å². The lowest BCUT2D eigenvalue weighted by Gasteiger charge is -2.31. The molecule has 44 heavy (non-hydrogen) atoms. The average molecular weight is 684 g/mol. The molecule has 0 fully saturated rings. The van der Waals surface area contributed by atoms with Crippen LogP contribution >= 0.6 is 15.9 Å². The molecule has 0 bridgehead atoms. The molecule has 5 rings (SSSR count). The second-order valence-corrected chi connectivity index (χ2v) is 12.5. The molecule has 12 heteroatoms. The number of hydrogen-bond donors (Lipinski definition) is 2. The maximum absolute atomic E-state index is 13.5.